The highest BCUT2D eigenvalue weighted by atomic mass is 32.2. The molecule has 0 N–H and O–H groups in total. The minimum atomic E-state index is -3.53. The first-order chi connectivity index (χ1) is 12.9. The zero-order valence-corrected chi connectivity index (χ0v) is 16.8. The zero-order chi connectivity index (χ0) is 19.2. The first kappa shape index (κ1) is 18.3. The van der Waals surface area contributed by atoms with E-state index >= 15 is 0 Å². The van der Waals surface area contributed by atoms with Gasteiger partial charge in [0.15, 0.2) is 15.0 Å². The van der Waals surface area contributed by atoms with Crippen LogP contribution in [0.2, 0.25) is 0 Å². The fourth-order valence-electron chi connectivity index (χ4n) is 3.56. The van der Waals surface area contributed by atoms with Crippen LogP contribution in [0.25, 0.3) is 10.8 Å². The Hall–Kier alpha value is -2.12. The van der Waals surface area contributed by atoms with Crippen LogP contribution in [0.1, 0.15) is 24.2 Å². The number of nitrogens with zero attached hydrogens (tertiary/aromatic N) is 2. The molecule has 0 amide bonds. The van der Waals surface area contributed by atoms with Gasteiger partial charge in [-0.1, -0.05) is 49.0 Å². The maximum atomic E-state index is 13.0. The van der Waals surface area contributed by atoms with Crippen molar-refractivity contribution in [2.75, 3.05) is 11.5 Å². The van der Waals surface area contributed by atoms with E-state index in [1.54, 1.807) is 16.7 Å². The van der Waals surface area contributed by atoms with Crippen molar-refractivity contribution in [3.05, 3.63) is 64.1 Å². The van der Waals surface area contributed by atoms with Gasteiger partial charge in [0.1, 0.15) is 0 Å². The molecule has 0 saturated carbocycles. The summed E-state index contributed by atoms with van der Waals surface area (Å²) < 4.78 is 27.6. The maximum Gasteiger partial charge on any atom is 0.257 e. The molecule has 1 atom stereocenters. The van der Waals surface area contributed by atoms with Gasteiger partial charge in [-0.05, 0) is 36.2 Å². The number of hydrogen-bond donors (Lipinski definition) is 0. The Kier molecular flexibility index (Phi) is 4.60. The number of thioether (sulfide) groups is 1. The van der Waals surface area contributed by atoms with Crippen LogP contribution in [0, 0.1) is 6.92 Å². The number of sulfone groups is 1. The van der Waals surface area contributed by atoms with Crippen LogP contribution in [-0.4, -0.2) is 29.5 Å². The van der Waals surface area contributed by atoms with Crippen LogP contribution in [0.4, 0.5) is 0 Å². The summed E-state index contributed by atoms with van der Waals surface area (Å²) in [7, 11) is -3.53. The molecule has 2 heterocycles. The van der Waals surface area contributed by atoms with Crippen molar-refractivity contribution < 1.29 is 8.42 Å². The third-order valence-corrected chi connectivity index (χ3v) is 7.89. The molecule has 0 spiro atoms. The quantitative estimate of drug-likeness (QED) is 0.628. The first-order valence-electron chi connectivity index (χ1n) is 8.87. The molecule has 0 bridgehead atoms. The summed E-state index contributed by atoms with van der Waals surface area (Å²) in [5, 5.41) is 2.51. The van der Waals surface area contributed by atoms with Gasteiger partial charge < -0.3 is 0 Å². The van der Waals surface area contributed by atoms with Crippen molar-refractivity contribution in [1.82, 2.24) is 9.55 Å². The molecule has 140 valence electrons. The predicted octanol–water partition coefficient (Wildman–Crippen LogP) is 3.39. The third kappa shape index (κ3) is 3.19. The minimum absolute atomic E-state index is 0.0981. The molecule has 27 heavy (non-hydrogen) atoms. The van der Waals surface area contributed by atoms with Gasteiger partial charge in [0.25, 0.3) is 5.56 Å². The topological polar surface area (TPSA) is 69.0 Å². The second-order valence-corrected chi connectivity index (χ2v) is 9.76. The van der Waals surface area contributed by atoms with Crippen molar-refractivity contribution >= 4 is 32.4 Å². The number of hydrogen-bond acceptors (Lipinski definition) is 5. The SMILES string of the molecule is CCc1c(C)nc2n(c1=O)[C@@H](CS(=O)(=O)c1ccc3ccccc3c1)CS2. The number of rotatable bonds is 4. The number of fused-ring (bicyclic) bond motifs is 2. The van der Waals surface area contributed by atoms with Crippen molar-refractivity contribution in [3.63, 3.8) is 0 Å². The lowest BCUT2D eigenvalue weighted by atomic mass is 10.1. The Labute approximate surface area is 162 Å². The van der Waals surface area contributed by atoms with Crippen molar-refractivity contribution in [2.24, 2.45) is 0 Å². The van der Waals surface area contributed by atoms with E-state index in [4.69, 9.17) is 0 Å². The monoisotopic (exact) mass is 400 g/mol. The van der Waals surface area contributed by atoms with Gasteiger partial charge >= 0.3 is 0 Å². The molecule has 0 aliphatic carbocycles. The molecule has 3 aromatic rings. The highest BCUT2D eigenvalue weighted by molar-refractivity contribution is 7.99. The van der Waals surface area contributed by atoms with E-state index in [-0.39, 0.29) is 11.3 Å². The average molecular weight is 401 g/mol. The molecule has 1 aliphatic heterocycles. The zero-order valence-electron chi connectivity index (χ0n) is 15.2. The van der Waals surface area contributed by atoms with E-state index in [9.17, 15) is 13.2 Å². The van der Waals surface area contributed by atoms with Gasteiger partial charge in [-0.25, -0.2) is 13.4 Å². The van der Waals surface area contributed by atoms with Crippen molar-refractivity contribution in [1.29, 1.82) is 0 Å². The Morgan fingerprint density at radius 3 is 2.67 bits per heavy atom. The van der Waals surface area contributed by atoms with Crippen LogP contribution in [0.15, 0.2) is 57.3 Å². The molecule has 1 aliphatic rings. The lowest BCUT2D eigenvalue weighted by molar-refractivity contribution is 0.520. The van der Waals surface area contributed by atoms with Gasteiger partial charge in [-0.15, -0.1) is 0 Å². The third-order valence-electron chi connectivity index (χ3n) is 5.00. The van der Waals surface area contributed by atoms with E-state index in [1.165, 1.54) is 11.8 Å². The summed E-state index contributed by atoms with van der Waals surface area (Å²) in [4.78, 5) is 17.6. The molecule has 0 unspecified atom stereocenters. The average Bonchev–Trinajstić information content (AvgIpc) is 3.03. The lowest BCUT2D eigenvalue weighted by Crippen LogP contribution is -2.31. The number of aryl methyl sites for hydroxylation is 1. The van der Waals surface area contributed by atoms with E-state index in [1.807, 2.05) is 44.2 Å². The Balaban J connectivity index is 1.72. The van der Waals surface area contributed by atoms with Gasteiger partial charge in [0.05, 0.1) is 16.7 Å². The van der Waals surface area contributed by atoms with Crippen LogP contribution < -0.4 is 5.56 Å². The smallest absolute Gasteiger partial charge is 0.257 e. The summed E-state index contributed by atoms with van der Waals surface area (Å²) in [6.45, 7) is 3.75. The molecular formula is C20H20N2O3S2. The Morgan fingerprint density at radius 1 is 1.19 bits per heavy atom. The van der Waals surface area contributed by atoms with E-state index in [0.29, 0.717) is 27.8 Å². The summed E-state index contributed by atoms with van der Waals surface area (Å²) >= 11 is 1.45. The summed E-state index contributed by atoms with van der Waals surface area (Å²) in [5.41, 5.74) is 1.29. The summed E-state index contributed by atoms with van der Waals surface area (Å²) in [5.74, 6) is 0.445. The molecule has 0 radical (unpaired) electrons. The second-order valence-electron chi connectivity index (χ2n) is 6.74. The Morgan fingerprint density at radius 2 is 1.93 bits per heavy atom. The molecule has 4 rings (SSSR count). The van der Waals surface area contributed by atoms with Gasteiger partial charge in [0, 0.05) is 17.0 Å². The molecular weight excluding hydrogens is 380 g/mol. The van der Waals surface area contributed by atoms with Crippen LogP contribution in [0.3, 0.4) is 0 Å². The summed E-state index contributed by atoms with van der Waals surface area (Å²) in [6, 6.07) is 12.5. The van der Waals surface area contributed by atoms with Crippen molar-refractivity contribution in [3.8, 4) is 0 Å². The minimum Gasteiger partial charge on any atom is -0.282 e. The van der Waals surface area contributed by atoms with Gasteiger partial charge in [0.2, 0.25) is 0 Å². The van der Waals surface area contributed by atoms with Crippen molar-refractivity contribution in [2.45, 2.75) is 36.4 Å². The Bertz CT molecular complexity index is 1200. The second kappa shape index (κ2) is 6.80. The standard InChI is InChI=1S/C20H20N2O3S2/c1-3-18-13(2)21-20-22(19(18)23)16(11-26-20)12-27(24,25)17-9-8-14-6-4-5-7-15(14)10-17/h4-10,16H,3,11-12H2,1-2H3/t16-/m1/s1. The summed E-state index contributed by atoms with van der Waals surface area (Å²) in [6.07, 6.45) is 0.590. The maximum absolute atomic E-state index is 13.0. The fraction of sp³-hybridized carbons (Fsp3) is 0.300. The van der Waals surface area contributed by atoms with Gasteiger partial charge in [-0.3, -0.25) is 9.36 Å². The fourth-order valence-corrected chi connectivity index (χ4v) is 6.44. The van der Waals surface area contributed by atoms with Gasteiger partial charge in [-0.2, -0.15) is 0 Å². The predicted molar refractivity (Wildman–Crippen MR) is 108 cm³/mol. The molecule has 0 saturated heterocycles. The normalized spacial score (nSPS) is 16.6. The highest BCUT2D eigenvalue weighted by Gasteiger charge is 2.31. The van der Waals surface area contributed by atoms with Crippen LogP contribution in [0.5, 0.6) is 0 Å². The molecule has 0 fully saturated rings. The molecule has 7 heteroatoms. The number of aromatic nitrogens is 2. The number of benzene rings is 2. The largest absolute Gasteiger partial charge is 0.282 e. The highest BCUT2D eigenvalue weighted by Crippen LogP contribution is 2.33. The molecule has 5 nitrogen and oxygen atoms in total. The van der Waals surface area contributed by atoms with E-state index in [2.05, 4.69) is 4.98 Å². The van der Waals surface area contributed by atoms with E-state index < -0.39 is 15.9 Å². The molecule has 1 aromatic heterocycles. The van der Waals surface area contributed by atoms with E-state index in [0.717, 1.165) is 16.5 Å². The van der Waals surface area contributed by atoms with Crippen LogP contribution in [-0.2, 0) is 16.3 Å². The lowest BCUT2D eigenvalue weighted by Gasteiger charge is -2.15. The molecule has 2 aromatic carbocycles. The van der Waals surface area contributed by atoms with Crippen LogP contribution >= 0.6 is 11.8 Å². The first-order valence-corrected chi connectivity index (χ1v) is 11.5.